The molecule has 118 valence electrons. The SMILES string of the molecule is CSc1ccc(CN(C)CCCCc2ccc(N)cc2)cc1. The molecule has 0 aliphatic rings. The molecule has 3 heteroatoms. The zero-order valence-corrected chi connectivity index (χ0v) is 14.4. The molecule has 0 fully saturated rings. The lowest BCUT2D eigenvalue weighted by Gasteiger charge is -2.16. The number of hydrogen-bond acceptors (Lipinski definition) is 3. The first-order valence-corrected chi connectivity index (χ1v) is 9.06. The molecule has 0 atom stereocenters. The summed E-state index contributed by atoms with van der Waals surface area (Å²) in [6.45, 7) is 2.16. The Morgan fingerprint density at radius 1 is 0.909 bits per heavy atom. The van der Waals surface area contributed by atoms with Crippen molar-refractivity contribution in [1.29, 1.82) is 0 Å². The predicted octanol–water partition coefficient (Wildman–Crippen LogP) is 4.45. The maximum absolute atomic E-state index is 5.70. The highest BCUT2D eigenvalue weighted by Crippen LogP contribution is 2.16. The Kier molecular flexibility index (Phi) is 6.81. The summed E-state index contributed by atoms with van der Waals surface area (Å²) in [6.07, 6.45) is 5.70. The van der Waals surface area contributed by atoms with Crippen LogP contribution in [0.15, 0.2) is 53.4 Å². The van der Waals surface area contributed by atoms with Crippen LogP contribution in [0.3, 0.4) is 0 Å². The van der Waals surface area contributed by atoms with Gasteiger partial charge in [-0.2, -0.15) is 0 Å². The van der Waals surface area contributed by atoms with Crippen LogP contribution in [0, 0.1) is 0 Å². The molecule has 0 radical (unpaired) electrons. The van der Waals surface area contributed by atoms with Crippen LogP contribution in [-0.2, 0) is 13.0 Å². The van der Waals surface area contributed by atoms with E-state index in [1.165, 1.54) is 28.9 Å². The first-order chi connectivity index (χ1) is 10.7. The van der Waals surface area contributed by atoms with Crippen LogP contribution in [0.2, 0.25) is 0 Å². The molecule has 0 aliphatic heterocycles. The van der Waals surface area contributed by atoms with Gasteiger partial charge in [0.05, 0.1) is 0 Å². The average molecular weight is 314 g/mol. The molecule has 0 heterocycles. The summed E-state index contributed by atoms with van der Waals surface area (Å²) in [5, 5.41) is 0. The van der Waals surface area contributed by atoms with Gasteiger partial charge in [0.15, 0.2) is 0 Å². The van der Waals surface area contributed by atoms with E-state index in [0.717, 1.165) is 25.2 Å². The van der Waals surface area contributed by atoms with Gasteiger partial charge >= 0.3 is 0 Å². The van der Waals surface area contributed by atoms with Crippen LogP contribution in [-0.4, -0.2) is 24.7 Å². The molecule has 0 aromatic heterocycles. The van der Waals surface area contributed by atoms with E-state index < -0.39 is 0 Å². The van der Waals surface area contributed by atoms with Gasteiger partial charge in [-0.25, -0.2) is 0 Å². The monoisotopic (exact) mass is 314 g/mol. The second-order valence-electron chi connectivity index (χ2n) is 5.78. The third kappa shape index (κ3) is 5.74. The quantitative estimate of drug-likeness (QED) is 0.443. The van der Waals surface area contributed by atoms with Crippen molar-refractivity contribution < 1.29 is 0 Å². The number of hydrogen-bond donors (Lipinski definition) is 1. The van der Waals surface area contributed by atoms with Crippen molar-refractivity contribution in [2.45, 2.75) is 30.7 Å². The molecular weight excluding hydrogens is 288 g/mol. The Labute approximate surface area is 138 Å². The number of nitrogens with two attached hydrogens (primary N) is 1. The summed E-state index contributed by atoms with van der Waals surface area (Å²) < 4.78 is 0. The van der Waals surface area contributed by atoms with E-state index in [0.29, 0.717) is 0 Å². The molecule has 0 bridgehead atoms. The Bertz CT molecular complexity index is 549. The van der Waals surface area contributed by atoms with Crippen molar-refractivity contribution in [2.75, 3.05) is 25.6 Å². The van der Waals surface area contributed by atoms with E-state index in [2.05, 4.69) is 54.6 Å². The molecule has 2 N–H and O–H groups in total. The summed E-state index contributed by atoms with van der Waals surface area (Å²) in [4.78, 5) is 3.73. The smallest absolute Gasteiger partial charge is 0.0314 e. The zero-order chi connectivity index (χ0) is 15.8. The summed E-state index contributed by atoms with van der Waals surface area (Å²) in [5.41, 5.74) is 9.32. The Morgan fingerprint density at radius 2 is 1.55 bits per heavy atom. The van der Waals surface area contributed by atoms with Crippen molar-refractivity contribution in [2.24, 2.45) is 0 Å². The first-order valence-electron chi connectivity index (χ1n) is 7.83. The second kappa shape index (κ2) is 8.86. The van der Waals surface area contributed by atoms with Crippen LogP contribution in [0.4, 0.5) is 5.69 Å². The molecule has 2 rings (SSSR count). The minimum atomic E-state index is 0.843. The lowest BCUT2D eigenvalue weighted by Crippen LogP contribution is -2.19. The molecule has 2 nitrogen and oxygen atoms in total. The number of rotatable bonds is 8. The fraction of sp³-hybridized carbons (Fsp3) is 0.368. The van der Waals surface area contributed by atoms with Crippen LogP contribution in [0.5, 0.6) is 0 Å². The topological polar surface area (TPSA) is 29.3 Å². The molecule has 2 aromatic rings. The predicted molar refractivity (Wildman–Crippen MR) is 98.3 cm³/mol. The summed E-state index contributed by atoms with van der Waals surface area (Å²) in [5.74, 6) is 0. The highest BCUT2D eigenvalue weighted by molar-refractivity contribution is 7.98. The highest BCUT2D eigenvalue weighted by Gasteiger charge is 2.01. The van der Waals surface area contributed by atoms with Crippen molar-refractivity contribution in [3.63, 3.8) is 0 Å². The molecular formula is C19H26N2S. The van der Waals surface area contributed by atoms with Gasteiger partial charge in [0.25, 0.3) is 0 Å². The number of aryl methyl sites for hydroxylation is 1. The van der Waals surface area contributed by atoms with E-state index in [9.17, 15) is 0 Å². The van der Waals surface area contributed by atoms with Gasteiger partial charge in [-0.05, 0) is 74.5 Å². The maximum Gasteiger partial charge on any atom is 0.0314 e. The van der Waals surface area contributed by atoms with Gasteiger partial charge in [0.1, 0.15) is 0 Å². The van der Waals surface area contributed by atoms with E-state index in [-0.39, 0.29) is 0 Å². The van der Waals surface area contributed by atoms with Gasteiger partial charge in [0, 0.05) is 17.1 Å². The number of anilines is 1. The van der Waals surface area contributed by atoms with Gasteiger partial charge in [-0.15, -0.1) is 11.8 Å². The summed E-state index contributed by atoms with van der Waals surface area (Å²) >= 11 is 1.79. The molecule has 22 heavy (non-hydrogen) atoms. The van der Waals surface area contributed by atoms with Crippen molar-refractivity contribution >= 4 is 17.4 Å². The van der Waals surface area contributed by atoms with Gasteiger partial charge in [-0.1, -0.05) is 24.3 Å². The number of nitrogen functional groups attached to an aromatic ring is 1. The third-order valence-electron chi connectivity index (χ3n) is 3.85. The summed E-state index contributed by atoms with van der Waals surface area (Å²) in [6, 6.07) is 17.1. The first kappa shape index (κ1) is 16.9. The summed E-state index contributed by atoms with van der Waals surface area (Å²) in [7, 11) is 2.20. The second-order valence-corrected chi connectivity index (χ2v) is 6.66. The number of benzene rings is 2. The molecule has 0 unspecified atom stereocenters. The van der Waals surface area contributed by atoms with E-state index in [4.69, 9.17) is 5.73 Å². The molecule has 0 saturated heterocycles. The van der Waals surface area contributed by atoms with E-state index in [1.807, 2.05) is 12.1 Å². The standard InChI is InChI=1S/C19H26N2S/c1-21(15-17-8-12-19(22-2)13-9-17)14-4-3-5-16-6-10-18(20)11-7-16/h6-13H,3-5,14-15,20H2,1-2H3. The van der Waals surface area contributed by atoms with Crippen LogP contribution in [0.1, 0.15) is 24.0 Å². The maximum atomic E-state index is 5.70. The largest absolute Gasteiger partial charge is 0.399 e. The van der Waals surface area contributed by atoms with Crippen molar-refractivity contribution in [3.05, 3.63) is 59.7 Å². The van der Waals surface area contributed by atoms with Crippen LogP contribution in [0.25, 0.3) is 0 Å². The van der Waals surface area contributed by atoms with Gasteiger partial charge < -0.3 is 10.6 Å². The lowest BCUT2D eigenvalue weighted by atomic mass is 10.1. The van der Waals surface area contributed by atoms with Crippen LogP contribution >= 0.6 is 11.8 Å². The molecule has 2 aromatic carbocycles. The van der Waals surface area contributed by atoms with Gasteiger partial charge in [-0.3, -0.25) is 0 Å². The molecule has 0 spiro atoms. The molecule has 0 amide bonds. The number of thioether (sulfide) groups is 1. The number of unbranched alkanes of at least 4 members (excludes halogenated alkanes) is 1. The Morgan fingerprint density at radius 3 is 2.18 bits per heavy atom. The average Bonchev–Trinajstić information content (AvgIpc) is 2.54. The zero-order valence-electron chi connectivity index (χ0n) is 13.6. The van der Waals surface area contributed by atoms with Crippen LogP contribution < -0.4 is 5.73 Å². The lowest BCUT2D eigenvalue weighted by molar-refractivity contribution is 0.318. The van der Waals surface area contributed by atoms with Crippen molar-refractivity contribution in [1.82, 2.24) is 4.90 Å². The number of nitrogens with zero attached hydrogens (tertiary/aromatic N) is 1. The normalized spacial score (nSPS) is 11.0. The minimum Gasteiger partial charge on any atom is -0.399 e. The third-order valence-corrected chi connectivity index (χ3v) is 4.59. The fourth-order valence-corrected chi connectivity index (χ4v) is 2.93. The minimum absolute atomic E-state index is 0.843. The highest BCUT2D eigenvalue weighted by atomic mass is 32.2. The van der Waals surface area contributed by atoms with Crippen molar-refractivity contribution in [3.8, 4) is 0 Å². The van der Waals surface area contributed by atoms with E-state index in [1.54, 1.807) is 11.8 Å². The van der Waals surface area contributed by atoms with E-state index >= 15 is 0 Å². The molecule has 0 aliphatic carbocycles. The molecule has 0 saturated carbocycles. The fourth-order valence-electron chi connectivity index (χ4n) is 2.52. The Hall–Kier alpha value is -1.45. The van der Waals surface area contributed by atoms with Gasteiger partial charge in [0.2, 0.25) is 0 Å². The Balaban J connectivity index is 1.66.